The number of anilines is 1. The molecule has 0 aromatic carbocycles. The number of fused-ring (bicyclic) bond motifs is 1. The Morgan fingerprint density at radius 1 is 1.28 bits per heavy atom. The summed E-state index contributed by atoms with van der Waals surface area (Å²) in [7, 11) is 0. The van der Waals surface area contributed by atoms with Gasteiger partial charge in [0.15, 0.2) is 5.65 Å². The second-order valence-corrected chi connectivity index (χ2v) is 5.24. The second-order valence-electron chi connectivity index (χ2n) is 5.24. The van der Waals surface area contributed by atoms with Gasteiger partial charge in [-0.3, -0.25) is 0 Å². The van der Waals surface area contributed by atoms with Crippen molar-refractivity contribution in [1.82, 2.24) is 19.9 Å². The molecule has 1 fully saturated rings. The molecule has 2 unspecified atom stereocenters. The highest BCUT2D eigenvalue weighted by Crippen LogP contribution is 2.16. The fourth-order valence-electron chi connectivity index (χ4n) is 2.65. The van der Waals surface area contributed by atoms with Gasteiger partial charge in [-0.05, 0) is 32.4 Å². The fourth-order valence-corrected chi connectivity index (χ4v) is 2.65. The lowest BCUT2D eigenvalue weighted by Crippen LogP contribution is -2.54. The molecule has 0 radical (unpaired) electrons. The Bertz CT molecular complexity index is 552. The Morgan fingerprint density at radius 2 is 2.00 bits per heavy atom. The average Bonchev–Trinajstić information content (AvgIpc) is 2.73. The van der Waals surface area contributed by atoms with E-state index in [4.69, 9.17) is 0 Å². The van der Waals surface area contributed by atoms with Crippen LogP contribution in [0.5, 0.6) is 0 Å². The number of aryl methyl sites for hydroxylation is 1. The van der Waals surface area contributed by atoms with Crippen LogP contribution in [-0.4, -0.2) is 39.8 Å². The summed E-state index contributed by atoms with van der Waals surface area (Å²) in [6.45, 7) is 8.38. The van der Waals surface area contributed by atoms with Crippen molar-refractivity contribution in [2.75, 3.05) is 18.0 Å². The SMILES string of the molecule is Cc1cccn2nc(N3CC(C)NC(C)C3)nc12. The summed E-state index contributed by atoms with van der Waals surface area (Å²) in [6.07, 6.45) is 1.95. The molecule has 96 valence electrons. The van der Waals surface area contributed by atoms with Gasteiger partial charge in [0.25, 0.3) is 0 Å². The minimum absolute atomic E-state index is 0.474. The van der Waals surface area contributed by atoms with E-state index >= 15 is 0 Å². The molecule has 0 amide bonds. The van der Waals surface area contributed by atoms with Crippen LogP contribution in [0.15, 0.2) is 18.3 Å². The molecule has 0 bridgehead atoms. The largest absolute Gasteiger partial charge is 0.336 e. The third-order valence-electron chi connectivity index (χ3n) is 3.39. The predicted octanol–water partition coefficient (Wildman–Crippen LogP) is 1.22. The molecule has 0 saturated carbocycles. The number of piperazine rings is 1. The zero-order valence-corrected chi connectivity index (χ0v) is 11.1. The van der Waals surface area contributed by atoms with Crippen molar-refractivity contribution >= 4 is 11.6 Å². The number of nitrogens with zero attached hydrogens (tertiary/aromatic N) is 4. The first kappa shape index (κ1) is 11.5. The van der Waals surface area contributed by atoms with E-state index in [0.717, 1.165) is 30.2 Å². The van der Waals surface area contributed by atoms with E-state index in [-0.39, 0.29) is 0 Å². The van der Waals surface area contributed by atoms with Crippen molar-refractivity contribution in [3.63, 3.8) is 0 Å². The normalized spacial score (nSPS) is 24.7. The smallest absolute Gasteiger partial charge is 0.245 e. The van der Waals surface area contributed by atoms with Crippen LogP contribution in [0.2, 0.25) is 0 Å². The van der Waals surface area contributed by atoms with E-state index in [1.54, 1.807) is 0 Å². The molecule has 5 heteroatoms. The molecule has 2 aromatic heterocycles. The summed E-state index contributed by atoms with van der Waals surface area (Å²) < 4.78 is 1.86. The minimum Gasteiger partial charge on any atom is -0.336 e. The lowest BCUT2D eigenvalue weighted by molar-refractivity contribution is 0.403. The monoisotopic (exact) mass is 245 g/mol. The van der Waals surface area contributed by atoms with Crippen LogP contribution in [0.3, 0.4) is 0 Å². The highest BCUT2D eigenvalue weighted by molar-refractivity contribution is 5.50. The molecule has 1 N–H and O–H groups in total. The minimum atomic E-state index is 0.474. The van der Waals surface area contributed by atoms with E-state index in [1.165, 1.54) is 0 Å². The fraction of sp³-hybridized carbons (Fsp3) is 0.538. The molecule has 1 aliphatic rings. The number of pyridine rings is 1. The van der Waals surface area contributed by atoms with E-state index in [1.807, 2.05) is 16.8 Å². The van der Waals surface area contributed by atoms with Crippen LogP contribution < -0.4 is 10.2 Å². The van der Waals surface area contributed by atoms with E-state index in [9.17, 15) is 0 Å². The van der Waals surface area contributed by atoms with E-state index in [0.29, 0.717) is 12.1 Å². The standard InChI is InChI=1S/C13H19N5/c1-9-5-4-6-18-12(9)15-13(16-18)17-7-10(2)14-11(3)8-17/h4-6,10-11,14H,7-8H2,1-3H3. The molecule has 1 aliphatic heterocycles. The van der Waals surface area contributed by atoms with Crippen molar-refractivity contribution in [3.05, 3.63) is 23.9 Å². The Balaban J connectivity index is 1.96. The third-order valence-corrected chi connectivity index (χ3v) is 3.39. The Morgan fingerprint density at radius 3 is 2.67 bits per heavy atom. The Labute approximate surface area is 107 Å². The van der Waals surface area contributed by atoms with Crippen molar-refractivity contribution < 1.29 is 0 Å². The average molecular weight is 245 g/mol. The third kappa shape index (κ3) is 1.95. The first-order chi connectivity index (χ1) is 8.63. The predicted molar refractivity (Wildman–Crippen MR) is 72.0 cm³/mol. The molecular weight excluding hydrogens is 226 g/mol. The maximum atomic E-state index is 4.65. The van der Waals surface area contributed by atoms with Gasteiger partial charge in [0, 0.05) is 31.4 Å². The van der Waals surface area contributed by atoms with Crippen molar-refractivity contribution in [2.45, 2.75) is 32.9 Å². The molecular formula is C13H19N5. The topological polar surface area (TPSA) is 45.5 Å². The van der Waals surface area contributed by atoms with Crippen LogP contribution in [0.4, 0.5) is 5.95 Å². The Hall–Kier alpha value is -1.62. The molecule has 5 nitrogen and oxygen atoms in total. The second kappa shape index (κ2) is 4.24. The molecule has 1 saturated heterocycles. The first-order valence-electron chi connectivity index (χ1n) is 6.46. The molecule has 2 aromatic rings. The van der Waals surface area contributed by atoms with Gasteiger partial charge < -0.3 is 10.2 Å². The van der Waals surface area contributed by atoms with Crippen LogP contribution >= 0.6 is 0 Å². The maximum Gasteiger partial charge on any atom is 0.245 e. The van der Waals surface area contributed by atoms with E-state index < -0.39 is 0 Å². The lowest BCUT2D eigenvalue weighted by Gasteiger charge is -2.35. The summed E-state index contributed by atoms with van der Waals surface area (Å²) in [5.74, 6) is 0.838. The number of aromatic nitrogens is 3. The van der Waals surface area contributed by atoms with Crippen molar-refractivity contribution in [1.29, 1.82) is 0 Å². The summed E-state index contributed by atoms with van der Waals surface area (Å²) >= 11 is 0. The molecule has 0 spiro atoms. The van der Waals surface area contributed by atoms with Gasteiger partial charge in [-0.2, -0.15) is 4.98 Å². The molecule has 3 heterocycles. The Kier molecular flexibility index (Phi) is 2.70. The zero-order valence-electron chi connectivity index (χ0n) is 11.1. The lowest BCUT2D eigenvalue weighted by atomic mass is 10.1. The number of rotatable bonds is 1. The van der Waals surface area contributed by atoms with Gasteiger partial charge in [0.2, 0.25) is 5.95 Å². The summed E-state index contributed by atoms with van der Waals surface area (Å²) in [4.78, 5) is 6.92. The number of hydrogen-bond donors (Lipinski definition) is 1. The van der Waals surface area contributed by atoms with Crippen LogP contribution in [-0.2, 0) is 0 Å². The number of nitrogens with one attached hydrogen (secondary N) is 1. The maximum absolute atomic E-state index is 4.65. The molecule has 18 heavy (non-hydrogen) atoms. The van der Waals surface area contributed by atoms with Crippen molar-refractivity contribution in [2.24, 2.45) is 0 Å². The van der Waals surface area contributed by atoms with Gasteiger partial charge >= 0.3 is 0 Å². The van der Waals surface area contributed by atoms with Gasteiger partial charge in [-0.1, -0.05) is 6.07 Å². The zero-order chi connectivity index (χ0) is 12.7. The van der Waals surface area contributed by atoms with Gasteiger partial charge in [-0.15, -0.1) is 5.10 Å². The summed E-state index contributed by atoms with van der Waals surface area (Å²) in [6, 6.07) is 5.02. The molecule has 0 aliphatic carbocycles. The summed E-state index contributed by atoms with van der Waals surface area (Å²) in [5.41, 5.74) is 2.11. The quantitative estimate of drug-likeness (QED) is 0.820. The van der Waals surface area contributed by atoms with Crippen LogP contribution in [0.25, 0.3) is 5.65 Å². The van der Waals surface area contributed by atoms with Gasteiger partial charge in [0.1, 0.15) is 0 Å². The van der Waals surface area contributed by atoms with Gasteiger partial charge in [-0.25, -0.2) is 4.52 Å². The highest BCUT2D eigenvalue weighted by atomic mass is 15.4. The number of hydrogen-bond acceptors (Lipinski definition) is 4. The highest BCUT2D eigenvalue weighted by Gasteiger charge is 2.23. The molecule has 2 atom stereocenters. The van der Waals surface area contributed by atoms with Gasteiger partial charge in [0.05, 0.1) is 0 Å². The summed E-state index contributed by atoms with van der Waals surface area (Å²) in [5, 5.41) is 8.09. The van der Waals surface area contributed by atoms with Crippen LogP contribution in [0, 0.1) is 6.92 Å². The van der Waals surface area contributed by atoms with Crippen LogP contribution in [0.1, 0.15) is 19.4 Å². The molecule has 3 rings (SSSR count). The first-order valence-corrected chi connectivity index (χ1v) is 6.46. The van der Waals surface area contributed by atoms with E-state index in [2.05, 4.69) is 47.1 Å². The van der Waals surface area contributed by atoms with Crippen molar-refractivity contribution in [3.8, 4) is 0 Å².